The number of anilines is 1. The maximum atomic E-state index is 4.45. The number of aromatic nitrogens is 1. The van der Waals surface area contributed by atoms with Crippen molar-refractivity contribution >= 4 is 5.82 Å². The second kappa shape index (κ2) is 4.65. The van der Waals surface area contributed by atoms with E-state index in [1.54, 1.807) is 0 Å². The monoisotopic (exact) mass is 231 g/mol. The van der Waals surface area contributed by atoms with Crippen LogP contribution >= 0.6 is 0 Å². The number of pyridine rings is 1. The average Bonchev–Trinajstić information content (AvgIpc) is 2.42. The first kappa shape index (κ1) is 11.0. The number of nitrogens with zero attached hydrogens (tertiary/aromatic N) is 2. The Morgan fingerprint density at radius 1 is 1.18 bits per heavy atom. The molecule has 0 aliphatic carbocycles. The predicted octanol–water partition coefficient (Wildman–Crippen LogP) is 2.05. The lowest BCUT2D eigenvalue weighted by atomic mass is 9.73. The van der Waals surface area contributed by atoms with Crippen LogP contribution in [0.2, 0.25) is 0 Å². The summed E-state index contributed by atoms with van der Waals surface area (Å²) in [6.07, 6.45) is 7.29. The summed E-state index contributed by atoms with van der Waals surface area (Å²) in [5.41, 5.74) is 0.587. The van der Waals surface area contributed by atoms with Crippen LogP contribution in [0.3, 0.4) is 0 Å². The molecule has 3 heterocycles. The van der Waals surface area contributed by atoms with Gasteiger partial charge in [-0.2, -0.15) is 0 Å². The third-order valence-electron chi connectivity index (χ3n) is 4.36. The number of hydrogen-bond donors (Lipinski definition) is 1. The number of hydrogen-bond acceptors (Lipinski definition) is 3. The molecule has 2 aliphatic rings. The number of rotatable bonds is 1. The molecule has 2 saturated heterocycles. The lowest BCUT2D eigenvalue weighted by molar-refractivity contribution is 0.161. The van der Waals surface area contributed by atoms with Crippen LogP contribution in [-0.2, 0) is 0 Å². The van der Waals surface area contributed by atoms with Crippen molar-refractivity contribution in [3.05, 3.63) is 24.4 Å². The average molecular weight is 231 g/mol. The van der Waals surface area contributed by atoms with Crippen molar-refractivity contribution in [2.24, 2.45) is 5.41 Å². The summed E-state index contributed by atoms with van der Waals surface area (Å²) in [7, 11) is 0. The molecule has 2 aliphatic heterocycles. The molecule has 3 rings (SSSR count). The van der Waals surface area contributed by atoms with E-state index in [2.05, 4.69) is 27.3 Å². The van der Waals surface area contributed by atoms with E-state index in [9.17, 15) is 0 Å². The smallest absolute Gasteiger partial charge is 0.128 e. The molecular weight excluding hydrogens is 210 g/mol. The van der Waals surface area contributed by atoms with Crippen molar-refractivity contribution < 1.29 is 0 Å². The fourth-order valence-electron chi connectivity index (χ4n) is 3.21. The summed E-state index contributed by atoms with van der Waals surface area (Å²) in [5, 5.41) is 3.57. The highest BCUT2D eigenvalue weighted by molar-refractivity contribution is 5.38. The Labute approximate surface area is 103 Å². The summed E-state index contributed by atoms with van der Waals surface area (Å²) in [4.78, 5) is 6.88. The fourth-order valence-corrected chi connectivity index (χ4v) is 3.21. The predicted molar refractivity (Wildman–Crippen MR) is 70.2 cm³/mol. The standard InChI is InChI=1S/C14H21N3/c1-2-9-16-13(4-1)17-10-6-14(7-11-17)5-3-8-15-12-14/h1-2,4,9,15H,3,5-8,10-12H2. The van der Waals surface area contributed by atoms with Gasteiger partial charge in [-0.25, -0.2) is 4.98 Å². The SMILES string of the molecule is c1ccc(N2CCC3(CCCNC3)CC2)nc1. The first-order chi connectivity index (χ1) is 8.38. The summed E-state index contributed by atoms with van der Waals surface area (Å²) >= 11 is 0. The van der Waals surface area contributed by atoms with Gasteiger partial charge in [0.1, 0.15) is 5.82 Å². The highest BCUT2D eigenvalue weighted by Gasteiger charge is 2.35. The topological polar surface area (TPSA) is 28.2 Å². The van der Waals surface area contributed by atoms with Gasteiger partial charge in [-0.1, -0.05) is 6.07 Å². The summed E-state index contributed by atoms with van der Waals surface area (Å²) < 4.78 is 0. The molecule has 1 N–H and O–H groups in total. The van der Waals surface area contributed by atoms with E-state index in [1.807, 2.05) is 12.3 Å². The number of nitrogens with one attached hydrogen (secondary N) is 1. The van der Waals surface area contributed by atoms with E-state index in [1.165, 1.54) is 51.9 Å². The van der Waals surface area contributed by atoms with Crippen LogP contribution in [0.15, 0.2) is 24.4 Å². The molecule has 0 saturated carbocycles. The van der Waals surface area contributed by atoms with Crippen LogP contribution in [0.25, 0.3) is 0 Å². The van der Waals surface area contributed by atoms with Gasteiger partial charge in [0.25, 0.3) is 0 Å². The van der Waals surface area contributed by atoms with Crippen molar-refractivity contribution in [3.8, 4) is 0 Å². The van der Waals surface area contributed by atoms with Crippen molar-refractivity contribution in [1.29, 1.82) is 0 Å². The van der Waals surface area contributed by atoms with Gasteiger partial charge in [-0.15, -0.1) is 0 Å². The summed E-state index contributed by atoms with van der Waals surface area (Å²) in [5.74, 6) is 1.14. The number of piperidine rings is 2. The molecule has 0 bridgehead atoms. The maximum absolute atomic E-state index is 4.45. The van der Waals surface area contributed by atoms with Gasteiger partial charge in [0.05, 0.1) is 0 Å². The first-order valence-corrected chi connectivity index (χ1v) is 6.75. The van der Waals surface area contributed by atoms with E-state index in [4.69, 9.17) is 0 Å². The fraction of sp³-hybridized carbons (Fsp3) is 0.643. The molecule has 0 amide bonds. The molecular formula is C14H21N3. The highest BCUT2D eigenvalue weighted by atomic mass is 15.2. The van der Waals surface area contributed by atoms with E-state index in [-0.39, 0.29) is 0 Å². The van der Waals surface area contributed by atoms with Crippen LogP contribution in [0.5, 0.6) is 0 Å². The molecule has 17 heavy (non-hydrogen) atoms. The van der Waals surface area contributed by atoms with Crippen molar-refractivity contribution in [2.45, 2.75) is 25.7 Å². The Balaban J connectivity index is 1.64. The zero-order valence-corrected chi connectivity index (χ0v) is 10.4. The van der Waals surface area contributed by atoms with Gasteiger partial charge < -0.3 is 10.2 Å². The van der Waals surface area contributed by atoms with Crippen LogP contribution in [0.1, 0.15) is 25.7 Å². The van der Waals surface area contributed by atoms with E-state index in [0.29, 0.717) is 5.41 Å². The maximum Gasteiger partial charge on any atom is 0.128 e. The van der Waals surface area contributed by atoms with Crippen molar-refractivity contribution in [1.82, 2.24) is 10.3 Å². The van der Waals surface area contributed by atoms with Crippen molar-refractivity contribution in [2.75, 3.05) is 31.1 Å². The minimum Gasteiger partial charge on any atom is -0.357 e. The third-order valence-corrected chi connectivity index (χ3v) is 4.36. The molecule has 2 fully saturated rings. The highest BCUT2D eigenvalue weighted by Crippen LogP contribution is 2.38. The quantitative estimate of drug-likeness (QED) is 0.802. The summed E-state index contributed by atoms with van der Waals surface area (Å²) in [6.45, 7) is 4.77. The Hall–Kier alpha value is -1.09. The van der Waals surface area contributed by atoms with Crippen LogP contribution in [0.4, 0.5) is 5.82 Å². The zero-order chi connectivity index (χ0) is 11.6. The van der Waals surface area contributed by atoms with E-state index in [0.717, 1.165) is 5.82 Å². The Kier molecular flexibility index (Phi) is 3.02. The molecule has 92 valence electrons. The Bertz CT molecular complexity index is 347. The van der Waals surface area contributed by atoms with Crippen molar-refractivity contribution in [3.63, 3.8) is 0 Å². The molecule has 1 aromatic rings. The molecule has 3 nitrogen and oxygen atoms in total. The normalized spacial score (nSPS) is 23.9. The van der Waals surface area contributed by atoms with Gasteiger partial charge in [0, 0.05) is 25.8 Å². The zero-order valence-electron chi connectivity index (χ0n) is 10.4. The van der Waals surface area contributed by atoms with E-state index >= 15 is 0 Å². The second-order valence-corrected chi connectivity index (χ2v) is 5.46. The molecule has 0 radical (unpaired) electrons. The third kappa shape index (κ3) is 2.29. The van der Waals surface area contributed by atoms with Gasteiger partial charge in [0.15, 0.2) is 0 Å². The Morgan fingerprint density at radius 3 is 2.71 bits per heavy atom. The second-order valence-electron chi connectivity index (χ2n) is 5.46. The molecule has 1 spiro atoms. The molecule has 0 aromatic carbocycles. The molecule has 0 unspecified atom stereocenters. The Morgan fingerprint density at radius 2 is 2.06 bits per heavy atom. The lowest BCUT2D eigenvalue weighted by Crippen LogP contribution is -2.48. The van der Waals surface area contributed by atoms with Crippen LogP contribution < -0.4 is 10.2 Å². The first-order valence-electron chi connectivity index (χ1n) is 6.75. The van der Waals surface area contributed by atoms with Crippen LogP contribution in [0, 0.1) is 5.41 Å². The minimum absolute atomic E-state index is 0.587. The van der Waals surface area contributed by atoms with Gasteiger partial charge in [-0.05, 0) is 49.8 Å². The summed E-state index contributed by atoms with van der Waals surface area (Å²) in [6, 6.07) is 6.19. The van der Waals surface area contributed by atoms with E-state index < -0.39 is 0 Å². The lowest BCUT2D eigenvalue weighted by Gasteiger charge is -2.44. The van der Waals surface area contributed by atoms with Gasteiger partial charge >= 0.3 is 0 Å². The van der Waals surface area contributed by atoms with Gasteiger partial charge in [0.2, 0.25) is 0 Å². The molecule has 0 atom stereocenters. The molecule has 3 heteroatoms. The minimum atomic E-state index is 0.587. The van der Waals surface area contributed by atoms with Crippen LogP contribution in [-0.4, -0.2) is 31.2 Å². The molecule has 1 aromatic heterocycles. The van der Waals surface area contributed by atoms with Gasteiger partial charge in [-0.3, -0.25) is 0 Å². The largest absolute Gasteiger partial charge is 0.357 e.